The van der Waals surface area contributed by atoms with Crippen molar-refractivity contribution in [3.8, 4) is 5.88 Å². The molecule has 0 radical (unpaired) electrons. The summed E-state index contributed by atoms with van der Waals surface area (Å²) >= 11 is 4.65. The fraction of sp³-hybridized carbons (Fsp3) is 0.286. The molecule has 0 spiro atoms. The lowest BCUT2D eigenvalue weighted by Gasteiger charge is -2.07. The van der Waals surface area contributed by atoms with Gasteiger partial charge in [0.15, 0.2) is 0 Å². The molecule has 0 atom stereocenters. The molecule has 10 heteroatoms. The highest BCUT2D eigenvalue weighted by Crippen LogP contribution is 2.30. The number of pyridine rings is 1. The van der Waals surface area contributed by atoms with E-state index in [0.29, 0.717) is 5.56 Å². The Kier molecular flexibility index (Phi) is 4.52. The van der Waals surface area contributed by atoms with Crippen LogP contribution in [0.1, 0.15) is 5.56 Å². The molecule has 1 aromatic rings. The molecule has 0 aliphatic carbocycles. The average molecular weight is 427 g/mol. The number of hydrogen-bond donors (Lipinski definition) is 0. The minimum Gasteiger partial charge on any atom is -0.366 e. The standard InChI is InChI=1S/C7H3BrF3IN2O3/c8-2-3-1-4(17-7(9,10)11)13-6(5(3)12)14(15)16/h1H,2H2. The quantitative estimate of drug-likeness (QED) is 0.321. The summed E-state index contributed by atoms with van der Waals surface area (Å²) in [5, 5.41) is 10.7. The number of hydrogen-bond acceptors (Lipinski definition) is 4. The van der Waals surface area contributed by atoms with E-state index in [2.05, 4.69) is 25.7 Å². The van der Waals surface area contributed by atoms with Crippen molar-refractivity contribution >= 4 is 44.3 Å². The Labute approximate surface area is 115 Å². The summed E-state index contributed by atoms with van der Waals surface area (Å²) in [6.45, 7) is 0. The molecule has 0 aliphatic heterocycles. The Balaban J connectivity index is 3.25. The Hall–Kier alpha value is -0.650. The molecule has 17 heavy (non-hydrogen) atoms. The zero-order valence-corrected chi connectivity index (χ0v) is 11.5. The molecule has 94 valence electrons. The number of ether oxygens (including phenoxy) is 1. The van der Waals surface area contributed by atoms with Crippen LogP contribution in [0.25, 0.3) is 0 Å². The lowest BCUT2D eigenvalue weighted by atomic mass is 10.3. The van der Waals surface area contributed by atoms with E-state index in [1.54, 1.807) is 22.6 Å². The smallest absolute Gasteiger partial charge is 0.366 e. The van der Waals surface area contributed by atoms with Gasteiger partial charge in [-0.2, -0.15) is 0 Å². The maximum absolute atomic E-state index is 12.0. The van der Waals surface area contributed by atoms with E-state index in [1.165, 1.54) is 0 Å². The van der Waals surface area contributed by atoms with Crippen LogP contribution >= 0.6 is 38.5 Å². The summed E-state index contributed by atoms with van der Waals surface area (Å²) in [5.74, 6) is -1.51. The summed E-state index contributed by atoms with van der Waals surface area (Å²) in [5.41, 5.74) is 0.298. The lowest BCUT2D eigenvalue weighted by Crippen LogP contribution is -2.18. The van der Waals surface area contributed by atoms with Crippen LogP contribution in [-0.4, -0.2) is 16.3 Å². The van der Waals surface area contributed by atoms with Crippen LogP contribution in [0.15, 0.2) is 6.07 Å². The molecule has 1 aromatic heterocycles. The van der Waals surface area contributed by atoms with Gasteiger partial charge in [0.25, 0.3) is 0 Å². The van der Waals surface area contributed by atoms with Crippen LogP contribution in [0, 0.1) is 13.7 Å². The first-order valence-electron chi connectivity index (χ1n) is 3.90. The van der Waals surface area contributed by atoms with Gasteiger partial charge in [-0.1, -0.05) is 15.9 Å². The van der Waals surface area contributed by atoms with Crippen LogP contribution in [-0.2, 0) is 5.33 Å². The van der Waals surface area contributed by atoms with Crippen molar-refractivity contribution < 1.29 is 22.8 Å². The van der Waals surface area contributed by atoms with Crippen LogP contribution < -0.4 is 4.74 Å². The number of aromatic nitrogens is 1. The molecule has 0 bridgehead atoms. The van der Waals surface area contributed by atoms with E-state index in [0.717, 1.165) is 6.07 Å². The molecule has 0 fully saturated rings. The first kappa shape index (κ1) is 14.4. The van der Waals surface area contributed by atoms with Crippen LogP contribution in [0.5, 0.6) is 5.88 Å². The number of alkyl halides is 4. The molecule has 0 amide bonds. The van der Waals surface area contributed by atoms with E-state index in [-0.39, 0.29) is 8.90 Å². The summed E-state index contributed by atoms with van der Waals surface area (Å²) in [4.78, 5) is 12.9. The van der Waals surface area contributed by atoms with Gasteiger partial charge in [0.05, 0.1) is 0 Å². The molecule has 0 aromatic carbocycles. The van der Waals surface area contributed by atoms with Crippen LogP contribution in [0.2, 0.25) is 0 Å². The summed E-state index contributed by atoms with van der Waals surface area (Å²) in [6, 6.07) is 0.997. The van der Waals surface area contributed by atoms with Crippen molar-refractivity contribution in [2.45, 2.75) is 11.7 Å². The predicted molar refractivity (Wildman–Crippen MR) is 62.9 cm³/mol. The van der Waals surface area contributed by atoms with Crippen molar-refractivity contribution in [1.82, 2.24) is 4.98 Å². The largest absolute Gasteiger partial charge is 0.575 e. The maximum atomic E-state index is 12.0. The monoisotopic (exact) mass is 426 g/mol. The minimum atomic E-state index is -4.93. The third-order valence-corrected chi connectivity index (χ3v) is 3.31. The van der Waals surface area contributed by atoms with Gasteiger partial charge in [0.2, 0.25) is 0 Å². The first-order valence-corrected chi connectivity index (χ1v) is 6.10. The van der Waals surface area contributed by atoms with Gasteiger partial charge in [-0.3, -0.25) is 0 Å². The SMILES string of the molecule is O=[N+]([O-])c1nc(OC(F)(F)F)cc(CBr)c1I. The molecular formula is C7H3BrF3IN2O3. The topological polar surface area (TPSA) is 65.3 Å². The molecule has 1 heterocycles. The van der Waals surface area contributed by atoms with E-state index in [1.807, 2.05) is 0 Å². The second-order valence-electron chi connectivity index (χ2n) is 2.70. The van der Waals surface area contributed by atoms with E-state index in [9.17, 15) is 23.3 Å². The average Bonchev–Trinajstić information content (AvgIpc) is 2.17. The highest BCUT2D eigenvalue weighted by Gasteiger charge is 2.35. The third kappa shape index (κ3) is 3.94. The molecular weight excluding hydrogens is 424 g/mol. The summed E-state index contributed by atoms with van der Waals surface area (Å²) in [7, 11) is 0. The Bertz CT molecular complexity index is 455. The van der Waals surface area contributed by atoms with Crippen LogP contribution in [0.4, 0.5) is 19.0 Å². The highest BCUT2D eigenvalue weighted by atomic mass is 127. The zero-order valence-electron chi connectivity index (χ0n) is 7.79. The fourth-order valence-corrected chi connectivity index (χ4v) is 2.56. The number of nitrogens with zero attached hydrogens (tertiary/aromatic N) is 2. The summed E-state index contributed by atoms with van der Waals surface area (Å²) in [6.07, 6.45) is -4.93. The maximum Gasteiger partial charge on any atom is 0.575 e. The fourth-order valence-electron chi connectivity index (χ4n) is 0.931. The number of rotatable bonds is 3. The lowest BCUT2D eigenvalue weighted by molar-refractivity contribution is -0.391. The minimum absolute atomic E-state index is 0.156. The molecule has 5 nitrogen and oxygen atoms in total. The second-order valence-corrected chi connectivity index (χ2v) is 4.34. The predicted octanol–water partition coefficient (Wildman–Crippen LogP) is 3.39. The van der Waals surface area contributed by atoms with Gasteiger partial charge in [0.1, 0.15) is 3.57 Å². The van der Waals surface area contributed by atoms with E-state index < -0.39 is 23.0 Å². The summed E-state index contributed by atoms with van der Waals surface area (Å²) < 4.78 is 39.6. The van der Waals surface area contributed by atoms with Crippen molar-refractivity contribution in [3.63, 3.8) is 0 Å². The van der Waals surface area contributed by atoms with Gasteiger partial charge in [-0.05, 0) is 33.1 Å². The highest BCUT2D eigenvalue weighted by molar-refractivity contribution is 14.1. The van der Waals surface area contributed by atoms with E-state index >= 15 is 0 Å². The Morgan fingerprint density at radius 1 is 1.59 bits per heavy atom. The second kappa shape index (κ2) is 5.33. The van der Waals surface area contributed by atoms with Crippen molar-refractivity contribution in [1.29, 1.82) is 0 Å². The molecule has 0 unspecified atom stereocenters. The number of halogens is 5. The van der Waals surface area contributed by atoms with Gasteiger partial charge >= 0.3 is 18.1 Å². The van der Waals surface area contributed by atoms with Crippen molar-refractivity contribution in [2.75, 3.05) is 0 Å². The van der Waals surface area contributed by atoms with Gasteiger partial charge < -0.3 is 14.9 Å². The van der Waals surface area contributed by atoms with Gasteiger partial charge in [0, 0.05) is 16.4 Å². The molecule has 0 saturated heterocycles. The van der Waals surface area contributed by atoms with Gasteiger partial charge in [-0.15, -0.1) is 13.2 Å². The third-order valence-electron chi connectivity index (χ3n) is 1.53. The Morgan fingerprint density at radius 3 is 2.59 bits per heavy atom. The van der Waals surface area contributed by atoms with Gasteiger partial charge in [-0.25, -0.2) is 0 Å². The van der Waals surface area contributed by atoms with Crippen LogP contribution in [0.3, 0.4) is 0 Å². The van der Waals surface area contributed by atoms with E-state index in [4.69, 9.17) is 0 Å². The molecule has 0 aliphatic rings. The zero-order chi connectivity index (χ0) is 13.2. The van der Waals surface area contributed by atoms with Crippen molar-refractivity contribution in [3.05, 3.63) is 25.3 Å². The van der Waals surface area contributed by atoms with Crippen molar-refractivity contribution in [2.24, 2.45) is 0 Å². The normalized spacial score (nSPS) is 11.4. The molecule has 0 N–H and O–H groups in total. The first-order chi connectivity index (χ1) is 7.74. The molecule has 0 saturated carbocycles. The Morgan fingerprint density at radius 2 is 2.18 bits per heavy atom. The number of nitro groups is 1. The molecule has 1 rings (SSSR count).